The quantitative estimate of drug-likeness (QED) is 0.866. The van der Waals surface area contributed by atoms with Crippen LogP contribution in [-0.4, -0.2) is 30.6 Å². The molecule has 0 aromatic heterocycles. The van der Waals surface area contributed by atoms with Gasteiger partial charge in [-0.05, 0) is 48.8 Å². The molecule has 0 bridgehead atoms. The summed E-state index contributed by atoms with van der Waals surface area (Å²) < 4.78 is 13.4. The molecule has 1 aliphatic heterocycles. The van der Waals surface area contributed by atoms with Crippen LogP contribution < -0.4 is 15.5 Å². The molecule has 0 unspecified atom stereocenters. The highest BCUT2D eigenvalue weighted by Gasteiger charge is 2.35. The summed E-state index contributed by atoms with van der Waals surface area (Å²) in [6.07, 6.45) is 3.35. The fourth-order valence-electron chi connectivity index (χ4n) is 4.57. The van der Waals surface area contributed by atoms with E-state index in [2.05, 4.69) is 31.4 Å². The van der Waals surface area contributed by atoms with Crippen molar-refractivity contribution >= 4 is 17.6 Å². The molecule has 1 aromatic rings. The third kappa shape index (κ3) is 4.54. The van der Waals surface area contributed by atoms with Crippen molar-refractivity contribution in [1.82, 2.24) is 10.6 Å². The summed E-state index contributed by atoms with van der Waals surface area (Å²) in [4.78, 5) is 26.1. The summed E-state index contributed by atoms with van der Waals surface area (Å²) >= 11 is 0. The van der Waals surface area contributed by atoms with E-state index in [1.54, 1.807) is 12.1 Å². The minimum atomic E-state index is -0.376. The van der Waals surface area contributed by atoms with Gasteiger partial charge in [0.2, 0.25) is 5.91 Å². The number of hydrogen-bond donors (Lipinski definition) is 2. The number of hydrogen-bond acceptors (Lipinski definition) is 2. The lowest BCUT2D eigenvalue weighted by Crippen LogP contribution is -2.50. The minimum absolute atomic E-state index is 0.103. The van der Waals surface area contributed by atoms with Crippen LogP contribution in [0.1, 0.15) is 46.5 Å². The Morgan fingerprint density at radius 2 is 1.96 bits per heavy atom. The molecule has 1 aromatic carbocycles. The fourth-order valence-corrected chi connectivity index (χ4v) is 4.57. The molecule has 2 N–H and O–H groups in total. The number of benzene rings is 1. The van der Waals surface area contributed by atoms with Crippen molar-refractivity contribution in [2.24, 2.45) is 11.3 Å². The van der Waals surface area contributed by atoms with Gasteiger partial charge in [-0.25, -0.2) is 9.18 Å². The highest BCUT2D eigenvalue weighted by atomic mass is 19.1. The van der Waals surface area contributed by atoms with Crippen LogP contribution in [0, 0.1) is 17.2 Å². The Kier molecular flexibility index (Phi) is 5.21. The Hall–Kier alpha value is -2.11. The third-order valence-corrected chi connectivity index (χ3v) is 5.30. The maximum atomic E-state index is 13.4. The van der Waals surface area contributed by atoms with E-state index in [4.69, 9.17) is 0 Å². The summed E-state index contributed by atoms with van der Waals surface area (Å²) in [5.74, 6) is 0.104. The van der Waals surface area contributed by atoms with E-state index in [9.17, 15) is 14.0 Å². The number of nitrogens with one attached hydrogen (secondary N) is 2. The number of anilines is 1. The van der Waals surface area contributed by atoms with E-state index in [-0.39, 0.29) is 41.7 Å². The molecule has 142 valence electrons. The molecule has 3 amide bonds. The molecule has 1 aliphatic carbocycles. The summed E-state index contributed by atoms with van der Waals surface area (Å²) in [5.41, 5.74) is 0.759. The molecule has 26 heavy (non-hydrogen) atoms. The molecule has 2 fully saturated rings. The maximum absolute atomic E-state index is 13.4. The average Bonchev–Trinajstić information content (AvgIpc) is 2.85. The Labute approximate surface area is 154 Å². The molecule has 3 rings (SSSR count). The van der Waals surface area contributed by atoms with Crippen molar-refractivity contribution < 1.29 is 14.0 Å². The number of rotatable bonds is 3. The van der Waals surface area contributed by atoms with Crippen LogP contribution in [0.2, 0.25) is 0 Å². The number of nitrogens with zero attached hydrogens (tertiary/aromatic N) is 1. The second-order valence-electron chi connectivity index (χ2n) is 8.61. The first-order chi connectivity index (χ1) is 12.2. The van der Waals surface area contributed by atoms with Gasteiger partial charge in [-0.2, -0.15) is 0 Å². The number of carbonyl (C=O) groups excluding carboxylic acids is 2. The summed E-state index contributed by atoms with van der Waals surface area (Å²) in [5, 5.41) is 5.98. The largest absolute Gasteiger partial charge is 0.335 e. The minimum Gasteiger partial charge on any atom is -0.335 e. The zero-order chi connectivity index (χ0) is 18.9. The van der Waals surface area contributed by atoms with Gasteiger partial charge in [-0.1, -0.05) is 26.8 Å². The smallest absolute Gasteiger partial charge is 0.315 e. The number of carbonyl (C=O) groups is 2. The molecule has 1 saturated heterocycles. The average molecular weight is 361 g/mol. The van der Waals surface area contributed by atoms with Crippen molar-refractivity contribution in [1.29, 1.82) is 0 Å². The number of amides is 3. The third-order valence-electron chi connectivity index (χ3n) is 5.30. The predicted octanol–water partition coefficient (Wildman–Crippen LogP) is 3.45. The van der Waals surface area contributed by atoms with Crippen molar-refractivity contribution in [2.75, 3.05) is 11.4 Å². The molecule has 1 saturated carbocycles. The topological polar surface area (TPSA) is 61.4 Å². The van der Waals surface area contributed by atoms with Crippen molar-refractivity contribution in [2.45, 2.75) is 58.5 Å². The van der Waals surface area contributed by atoms with Gasteiger partial charge in [0.1, 0.15) is 5.82 Å². The molecular formula is C20H28FN3O2. The molecular weight excluding hydrogens is 333 g/mol. The first kappa shape index (κ1) is 18.7. The number of urea groups is 1. The SMILES string of the molecule is C[C@H]1C[C@@H](NC(=O)N[C@@H]2CC(=O)N(c3cccc(F)c3)C2)CC(C)(C)C1. The standard InChI is InChI=1S/C20H28FN3O2/c1-13-7-15(11-20(2,3)10-13)22-19(26)23-16-9-18(25)24(12-16)17-6-4-5-14(21)8-17/h4-6,8,13,15-16H,7,9-12H2,1-3H3,(H2,22,23,26)/t13-,15+,16+/m0/s1. The van der Waals surface area contributed by atoms with Gasteiger partial charge in [-0.15, -0.1) is 0 Å². The molecule has 3 atom stereocenters. The summed E-state index contributed by atoms with van der Waals surface area (Å²) in [7, 11) is 0. The van der Waals surface area contributed by atoms with Crippen LogP contribution in [0.4, 0.5) is 14.9 Å². The van der Waals surface area contributed by atoms with E-state index in [1.165, 1.54) is 23.5 Å². The zero-order valence-electron chi connectivity index (χ0n) is 15.7. The van der Waals surface area contributed by atoms with Crippen LogP contribution in [0.3, 0.4) is 0 Å². The normalized spacial score (nSPS) is 28.1. The van der Waals surface area contributed by atoms with Crippen molar-refractivity contribution in [3.05, 3.63) is 30.1 Å². The van der Waals surface area contributed by atoms with Gasteiger partial charge >= 0.3 is 6.03 Å². The molecule has 0 radical (unpaired) electrons. The second kappa shape index (κ2) is 7.25. The first-order valence-electron chi connectivity index (χ1n) is 9.35. The monoisotopic (exact) mass is 361 g/mol. The Morgan fingerprint density at radius 1 is 1.23 bits per heavy atom. The van der Waals surface area contributed by atoms with Gasteiger partial charge in [0.15, 0.2) is 0 Å². The molecule has 2 aliphatic rings. The van der Waals surface area contributed by atoms with Crippen LogP contribution >= 0.6 is 0 Å². The van der Waals surface area contributed by atoms with E-state index >= 15 is 0 Å². The van der Waals surface area contributed by atoms with E-state index in [1.807, 2.05) is 0 Å². The Morgan fingerprint density at radius 3 is 2.65 bits per heavy atom. The van der Waals surface area contributed by atoms with Crippen LogP contribution in [0.5, 0.6) is 0 Å². The van der Waals surface area contributed by atoms with E-state index in [0.717, 1.165) is 12.8 Å². The Balaban J connectivity index is 1.55. The van der Waals surface area contributed by atoms with Gasteiger partial charge in [0, 0.05) is 24.7 Å². The Bertz CT molecular complexity index is 691. The lowest BCUT2D eigenvalue weighted by atomic mass is 9.71. The maximum Gasteiger partial charge on any atom is 0.315 e. The van der Waals surface area contributed by atoms with E-state index < -0.39 is 0 Å². The summed E-state index contributed by atoms with van der Waals surface area (Å²) in [6.45, 7) is 7.06. The molecule has 5 nitrogen and oxygen atoms in total. The van der Waals surface area contributed by atoms with Crippen LogP contribution in [-0.2, 0) is 4.79 Å². The number of halogens is 1. The van der Waals surface area contributed by atoms with Crippen LogP contribution in [0.25, 0.3) is 0 Å². The zero-order valence-corrected chi connectivity index (χ0v) is 15.7. The van der Waals surface area contributed by atoms with Gasteiger partial charge in [0.25, 0.3) is 0 Å². The first-order valence-corrected chi connectivity index (χ1v) is 9.35. The summed E-state index contributed by atoms with van der Waals surface area (Å²) in [6, 6.07) is 5.64. The molecule has 6 heteroatoms. The van der Waals surface area contributed by atoms with Crippen molar-refractivity contribution in [3.8, 4) is 0 Å². The van der Waals surface area contributed by atoms with Gasteiger partial charge < -0.3 is 15.5 Å². The highest BCUT2D eigenvalue weighted by molar-refractivity contribution is 5.96. The molecule has 1 heterocycles. The lowest BCUT2D eigenvalue weighted by Gasteiger charge is -2.39. The van der Waals surface area contributed by atoms with Gasteiger partial charge in [0.05, 0.1) is 6.04 Å². The highest BCUT2D eigenvalue weighted by Crippen LogP contribution is 2.38. The predicted molar refractivity (Wildman–Crippen MR) is 99.4 cm³/mol. The van der Waals surface area contributed by atoms with Crippen LogP contribution in [0.15, 0.2) is 24.3 Å². The van der Waals surface area contributed by atoms with Crippen molar-refractivity contribution in [3.63, 3.8) is 0 Å². The fraction of sp³-hybridized carbons (Fsp3) is 0.600. The van der Waals surface area contributed by atoms with E-state index in [0.29, 0.717) is 18.2 Å². The lowest BCUT2D eigenvalue weighted by molar-refractivity contribution is -0.117. The molecule has 0 spiro atoms. The van der Waals surface area contributed by atoms with Gasteiger partial charge in [-0.3, -0.25) is 4.79 Å². The second-order valence-corrected chi connectivity index (χ2v) is 8.61.